The highest BCUT2D eigenvalue weighted by Crippen LogP contribution is 2.04. The Kier molecular flexibility index (Phi) is 6.59. The molecule has 128 valence electrons. The summed E-state index contributed by atoms with van der Waals surface area (Å²) in [4.78, 5) is 23.4. The van der Waals surface area contributed by atoms with Gasteiger partial charge in [0, 0.05) is 5.56 Å². The third kappa shape index (κ3) is 6.39. The van der Waals surface area contributed by atoms with Crippen LogP contribution in [0.1, 0.15) is 22.8 Å². The fourth-order valence-electron chi connectivity index (χ4n) is 1.96. The zero-order valence-corrected chi connectivity index (χ0v) is 13.7. The summed E-state index contributed by atoms with van der Waals surface area (Å²) in [6.07, 6.45) is 3.44. The van der Waals surface area contributed by atoms with Crippen LogP contribution in [0.15, 0.2) is 65.3 Å². The molecule has 0 saturated carbocycles. The Labute approximate surface area is 145 Å². The van der Waals surface area contributed by atoms with Crippen molar-refractivity contribution in [2.45, 2.75) is 6.92 Å². The van der Waals surface area contributed by atoms with E-state index in [1.807, 2.05) is 43.3 Å². The lowest BCUT2D eigenvalue weighted by atomic mass is 10.1. The van der Waals surface area contributed by atoms with Gasteiger partial charge in [-0.3, -0.25) is 9.59 Å². The molecule has 5 nitrogen and oxygen atoms in total. The first kappa shape index (κ1) is 18.1. The van der Waals surface area contributed by atoms with Crippen LogP contribution in [0.3, 0.4) is 0 Å². The van der Waals surface area contributed by atoms with Crippen LogP contribution in [0, 0.1) is 5.82 Å². The second kappa shape index (κ2) is 9.12. The minimum absolute atomic E-state index is 0.227. The molecular weight excluding hydrogens is 321 g/mol. The van der Waals surface area contributed by atoms with Gasteiger partial charge in [0.15, 0.2) is 0 Å². The molecule has 0 radical (unpaired) electrons. The Hall–Kier alpha value is -3.28. The van der Waals surface area contributed by atoms with Gasteiger partial charge in [0.25, 0.3) is 11.8 Å². The number of amides is 2. The predicted octanol–water partition coefficient (Wildman–Crippen LogP) is 2.76. The van der Waals surface area contributed by atoms with Crippen molar-refractivity contribution in [2.75, 3.05) is 6.54 Å². The lowest BCUT2D eigenvalue weighted by Gasteiger charge is -2.04. The van der Waals surface area contributed by atoms with E-state index >= 15 is 0 Å². The third-order valence-electron chi connectivity index (χ3n) is 3.17. The average Bonchev–Trinajstić information content (AvgIpc) is 2.61. The van der Waals surface area contributed by atoms with Gasteiger partial charge in [0.1, 0.15) is 5.82 Å². The van der Waals surface area contributed by atoms with Crippen LogP contribution in [-0.4, -0.2) is 24.6 Å². The fourth-order valence-corrected chi connectivity index (χ4v) is 1.96. The molecular formula is C19H18FN3O2. The SMILES string of the molecule is CC(/C=N\NC(=O)CNC(=O)c1ccc(F)cc1)=C/c1ccccc1. The predicted molar refractivity (Wildman–Crippen MR) is 95.5 cm³/mol. The Balaban J connectivity index is 1.77. The second-order valence-corrected chi connectivity index (χ2v) is 5.28. The number of rotatable bonds is 6. The molecule has 2 rings (SSSR count). The number of carbonyl (C=O) groups is 2. The van der Waals surface area contributed by atoms with E-state index in [0.29, 0.717) is 0 Å². The Morgan fingerprint density at radius 3 is 2.44 bits per heavy atom. The number of nitrogens with one attached hydrogen (secondary N) is 2. The number of hydrogen-bond donors (Lipinski definition) is 2. The lowest BCUT2D eigenvalue weighted by Crippen LogP contribution is -2.34. The number of halogens is 1. The van der Waals surface area contributed by atoms with Crippen LogP contribution in [0.5, 0.6) is 0 Å². The van der Waals surface area contributed by atoms with Gasteiger partial charge in [0.2, 0.25) is 0 Å². The standard InChI is InChI=1S/C19H18FN3O2/c1-14(11-15-5-3-2-4-6-15)12-22-23-18(24)13-21-19(25)16-7-9-17(20)10-8-16/h2-12H,13H2,1H3,(H,21,25)(H,23,24)/b14-11-,22-12-. The van der Waals surface area contributed by atoms with Crippen molar-refractivity contribution in [2.24, 2.45) is 5.10 Å². The summed E-state index contributed by atoms with van der Waals surface area (Å²) in [5.74, 6) is -1.35. The minimum Gasteiger partial charge on any atom is -0.343 e. The molecule has 2 aromatic carbocycles. The number of nitrogens with zero attached hydrogens (tertiary/aromatic N) is 1. The number of benzene rings is 2. The average molecular weight is 339 g/mol. The highest BCUT2D eigenvalue weighted by atomic mass is 19.1. The number of hydrazone groups is 1. The van der Waals surface area contributed by atoms with E-state index in [-0.39, 0.29) is 12.1 Å². The van der Waals surface area contributed by atoms with Crippen molar-refractivity contribution in [1.82, 2.24) is 10.7 Å². The largest absolute Gasteiger partial charge is 0.343 e. The zero-order valence-electron chi connectivity index (χ0n) is 13.7. The van der Waals surface area contributed by atoms with Crippen molar-refractivity contribution in [3.63, 3.8) is 0 Å². The van der Waals surface area contributed by atoms with Gasteiger partial charge >= 0.3 is 0 Å². The van der Waals surface area contributed by atoms with Gasteiger partial charge in [-0.2, -0.15) is 5.10 Å². The normalized spacial score (nSPS) is 11.4. The molecule has 0 fully saturated rings. The summed E-state index contributed by atoms with van der Waals surface area (Å²) in [7, 11) is 0. The molecule has 0 unspecified atom stereocenters. The van der Waals surface area contributed by atoms with E-state index in [4.69, 9.17) is 0 Å². The van der Waals surface area contributed by atoms with Gasteiger partial charge in [-0.25, -0.2) is 9.82 Å². The highest BCUT2D eigenvalue weighted by molar-refractivity contribution is 5.96. The quantitative estimate of drug-likeness (QED) is 0.627. The summed E-state index contributed by atoms with van der Waals surface area (Å²) in [5, 5.41) is 6.27. The molecule has 0 aliphatic heterocycles. The van der Waals surface area contributed by atoms with Crippen molar-refractivity contribution in [3.05, 3.63) is 77.1 Å². The van der Waals surface area contributed by atoms with E-state index in [9.17, 15) is 14.0 Å². The van der Waals surface area contributed by atoms with Crippen LogP contribution < -0.4 is 10.7 Å². The van der Waals surface area contributed by atoms with Gasteiger partial charge in [-0.05, 0) is 42.3 Å². The van der Waals surface area contributed by atoms with Crippen LogP contribution in [0.2, 0.25) is 0 Å². The van der Waals surface area contributed by atoms with Gasteiger partial charge in [-0.1, -0.05) is 36.4 Å². The molecule has 2 amide bonds. The summed E-state index contributed by atoms with van der Waals surface area (Å²) < 4.78 is 12.8. The Bertz CT molecular complexity index is 784. The van der Waals surface area contributed by atoms with Crippen LogP contribution in [0.4, 0.5) is 4.39 Å². The van der Waals surface area contributed by atoms with E-state index < -0.39 is 17.6 Å². The van der Waals surface area contributed by atoms with Crippen LogP contribution in [-0.2, 0) is 4.79 Å². The van der Waals surface area contributed by atoms with Crippen LogP contribution >= 0.6 is 0 Å². The van der Waals surface area contributed by atoms with Crippen molar-refractivity contribution >= 4 is 24.1 Å². The number of hydrogen-bond acceptors (Lipinski definition) is 3. The molecule has 0 heterocycles. The summed E-state index contributed by atoms with van der Waals surface area (Å²) >= 11 is 0. The van der Waals surface area contributed by atoms with E-state index in [2.05, 4.69) is 15.8 Å². The third-order valence-corrected chi connectivity index (χ3v) is 3.17. The molecule has 0 aliphatic carbocycles. The first-order chi connectivity index (χ1) is 12.0. The molecule has 0 bridgehead atoms. The fraction of sp³-hybridized carbons (Fsp3) is 0.105. The van der Waals surface area contributed by atoms with Gasteiger partial charge < -0.3 is 5.32 Å². The van der Waals surface area contributed by atoms with Gasteiger partial charge in [0.05, 0.1) is 12.8 Å². The first-order valence-electron chi connectivity index (χ1n) is 7.63. The molecule has 0 saturated heterocycles. The maximum atomic E-state index is 12.8. The second-order valence-electron chi connectivity index (χ2n) is 5.28. The summed E-state index contributed by atoms with van der Waals surface area (Å²) in [6.45, 7) is 1.63. The Morgan fingerprint density at radius 1 is 1.08 bits per heavy atom. The lowest BCUT2D eigenvalue weighted by molar-refractivity contribution is -0.120. The van der Waals surface area contributed by atoms with Crippen LogP contribution in [0.25, 0.3) is 6.08 Å². The molecule has 0 spiro atoms. The maximum Gasteiger partial charge on any atom is 0.259 e. The van der Waals surface area contributed by atoms with E-state index in [0.717, 1.165) is 11.1 Å². The van der Waals surface area contributed by atoms with Crippen molar-refractivity contribution < 1.29 is 14.0 Å². The number of allylic oxidation sites excluding steroid dienone is 1. The summed E-state index contributed by atoms with van der Waals surface area (Å²) in [6, 6.07) is 14.8. The molecule has 25 heavy (non-hydrogen) atoms. The van der Waals surface area contributed by atoms with E-state index in [1.54, 1.807) is 0 Å². The minimum atomic E-state index is -0.459. The van der Waals surface area contributed by atoms with Gasteiger partial charge in [-0.15, -0.1) is 0 Å². The molecule has 6 heteroatoms. The van der Waals surface area contributed by atoms with E-state index in [1.165, 1.54) is 30.5 Å². The molecule has 0 aromatic heterocycles. The topological polar surface area (TPSA) is 70.6 Å². The maximum absolute atomic E-state index is 12.8. The molecule has 2 aromatic rings. The number of carbonyl (C=O) groups excluding carboxylic acids is 2. The summed E-state index contributed by atoms with van der Waals surface area (Å²) in [5.41, 5.74) is 4.50. The van der Waals surface area contributed by atoms with Crippen molar-refractivity contribution in [3.8, 4) is 0 Å². The zero-order chi connectivity index (χ0) is 18.1. The molecule has 0 atom stereocenters. The molecule has 0 aliphatic rings. The highest BCUT2D eigenvalue weighted by Gasteiger charge is 2.07. The smallest absolute Gasteiger partial charge is 0.259 e. The first-order valence-corrected chi connectivity index (χ1v) is 7.63. The monoisotopic (exact) mass is 339 g/mol. The van der Waals surface area contributed by atoms with Crippen molar-refractivity contribution in [1.29, 1.82) is 0 Å². The molecule has 2 N–H and O–H groups in total. The Morgan fingerprint density at radius 2 is 1.76 bits per heavy atom.